The molecule has 3 aromatic rings. The predicted molar refractivity (Wildman–Crippen MR) is 147 cm³/mol. The van der Waals surface area contributed by atoms with Crippen LogP contribution in [0.5, 0.6) is 0 Å². The van der Waals surface area contributed by atoms with Gasteiger partial charge in [-0.3, -0.25) is 14.9 Å². The van der Waals surface area contributed by atoms with Crippen LogP contribution in [0.4, 0.5) is 0 Å². The summed E-state index contributed by atoms with van der Waals surface area (Å²) in [5.41, 5.74) is 4.35. The molecule has 2 aromatic heterocycles. The van der Waals surface area contributed by atoms with E-state index in [0.29, 0.717) is 24.4 Å². The number of carbonyl (C=O) groups excluding carboxylic acids is 1. The molecular weight excluding hydrogens is 484 g/mol. The van der Waals surface area contributed by atoms with Gasteiger partial charge < -0.3 is 23.7 Å². The Kier molecular flexibility index (Phi) is 9.02. The molecule has 1 aliphatic rings. The zero-order chi connectivity index (χ0) is 27.4. The average Bonchev–Trinajstić information content (AvgIpc) is 3.24. The van der Waals surface area contributed by atoms with Crippen LogP contribution < -0.4 is 10.9 Å². The monoisotopic (exact) mass is 524 g/mol. The second-order valence-electron chi connectivity index (χ2n) is 10.5. The first-order valence-electron chi connectivity index (χ1n) is 13.5. The van der Waals surface area contributed by atoms with Gasteiger partial charge >= 0.3 is 5.97 Å². The highest BCUT2D eigenvalue weighted by atomic mass is 16.5. The third-order valence-corrected chi connectivity index (χ3v) is 7.37. The number of aromatic nitrogens is 3. The van der Waals surface area contributed by atoms with Gasteiger partial charge in [-0.15, -0.1) is 0 Å². The highest BCUT2D eigenvalue weighted by Gasteiger charge is 2.26. The number of nitrogens with zero attached hydrogens (tertiary/aromatic N) is 3. The van der Waals surface area contributed by atoms with Crippen molar-refractivity contribution in [1.82, 2.24) is 19.4 Å². The Balaban J connectivity index is 1.65. The minimum Gasteiger partial charge on any atom is -0.461 e. The normalized spacial score (nSPS) is 16.9. The highest BCUT2D eigenvalue weighted by Crippen LogP contribution is 2.29. The van der Waals surface area contributed by atoms with Gasteiger partial charge in [-0.05, 0) is 69.7 Å². The van der Waals surface area contributed by atoms with E-state index in [2.05, 4.69) is 16.0 Å². The lowest BCUT2D eigenvalue weighted by Crippen LogP contribution is -2.46. The molecule has 1 saturated heterocycles. The van der Waals surface area contributed by atoms with Crippen molar-refractivity contribution in [3.8, 4) is 11.4 Å². The van der Waals surface area contributed by atoms with Crippen molar-refractivity contribution >= 4 is 17.0 Å². The number of hydrogen-bond acceptors (Lipinski definition) is 7. The van der Waals surface area contributed by atoms with Crippen molar-refractivity contribution in [2.24, 2.45) is 13.0 Å². The first kappa shape index (κ1) is 28.0. The maximum Gasteiger partial charge on any atom is 0.326 e. The quantitative estimate of drug-likeness (QED) is 0.392. The molecule has 0 saturated carbocycles. The molecule has 9 heteroatoms. The Bertz CT molecular complexity index is 1300. The molecule has 1 aromatic carbocycles. The summed E-state index contributed by atoms with van der Waals surface area (Å²) < 4.78 is 14.9. The summed E-state index contributed by atoms with van der Waals surface area (Å²) in [6.07, 6.45) is 3.45. The van der Waals surface area contributed by atoms with E-state index >= 15 is 0 Å². The smallest absolute Gasteiger partial charge is 0.326 e. The SMILES string of the molecule is CCC(C)OC(=O)[C@@H](NCc1ccc2c(c1)nc(-c1cc(C)c(=O)n(C)c1)n2CC1CCOCC1)[C@@H](C)O. The number of aryl methyl sites for hydroxylation is 2. The molecular formula is C29H40N4O5. The van der Waals surface area contributed by atoms with Gasteiger partial charge in [-0.2, -0.15) is 0 Å². The van der Waals surface area contributed by atoms with Crippen molar-refractivity contribution < 1.29 is 19.4 Å². The van der Waals surface area contributed by atoms with Gasteiger partial charge in [-0.1, -0.05) is 13.0 Å². The van der Waals surface area contributed by atoms with E-state index in [0.717, 1.165) is 60.6 Å². The van der Waals surface area contributed by atoms with Crippen LogP contribution in [0.3, 0.4) is 0 Å². The van der Waals surface area contributed by atoms with E-state index in [1.165, 1.54) is 0 Å². The molecule has 9 nitrogen and oxygen atoms in total. The third-order valence-electron chi connectivity index (χ3n) is 7.37. The Hall–Kier alpha value is -3.01. The van der Waals surface area contributed by atoms with Gasteiger partial charge in [0.1, 0.15) is 11.9 Å². The van der Waals surface area contributed by atoms with Gasteiger partial charge in [0.25, 0.3) is 5.56 Å². The van der Waals surface area contributed by atoms with Gasteiger partial charge in [0.05, 0.1) is 23.2 Å². The molecule has 0 amide bonds. The zero-order valence-corrected chi connectivity index (χ0v) is 23.1. The summed E-state index contributed by atoms with van der Waals surface area (Å²) in [6.45, 7) is 9.93. The predicted octanol–water partition coefficient (Wildman–Crippen LogP) is 3.32. The lowest BCUT2D eigenvalue weighted by Gasteiger charge is -2.23. The second-order valence-corrected chi connectivity index (χ2v) is 10.5. The first-order valence-corrected chi connectivity index (χ1v) is 13.5. The lowest BCUT2D eigenvalue weighted by molar-refractivity contribution is -0.153. The maximum atomic E-state index is 12.6. The molecule has 4 rings (SSSR count). The van der Waals surface area contributed by atoms with E-state index in [1.807, 2.05) is 45.2 Å². The molecule has 0 bridgehead atoms. The maximum absolute atomic E-state index is 12.6. The number of ether oxygens (including phenoxy) is 2. The zero-order valence-electron chi connectivity index (χ0n) is 23.1. The fourth-order valence-electron chi connectivity index (χ4n) is 4.91. The number of carbonyl (C=O) groups is 1. The Labute approximate surface area is 223 Å². The minimum atomic E-state index is -0.895. The number of aliphatic hydroxyl groups excluding tert-OH is 1. The number of esters is 1. The van der Waals surface area contributed by atoms with Crippen molar-refractivity contribution in [2.75, 3.05) is 13.2 Å². The van der Waals surface area contributed by atoms with Gasteiger partial charge in [0, 0.05) is 50.7 Å². The van der Waals surface area contributed by atoms with E-state index in [9.17, 15) is 14.7 Å². The number of imidazole rings is 1. The molecule has 3 atom stereocenters. The first-order chi connectivity index (χ1) is 18.2. The number of pyridine rings is 1. The minimum absolute atomic E-state index is 0.0197. The molecule has 3 heterocycles. The summed E-state index contributed by atoms with van der Waals surface area (Å²) in [5, 5.41) is 13.3. The van der Waals surface area contributed by atoms with Gasteiger partial charge in [0.15, 0.2) is 0 Å². The molecule has 0 aliphatic carbocycles. The highest BCUT2D eigenvalue weighted by molar-refractivity contribution is 5.81. The van der Waals surface area contributed by atoms with E-state index in [1.54, 1.807) is 18.5 Å². The molecule has 206 valence electrons. The molecule has 0 spiro atoms. The van der Waals surface area contributed by atoms with Crippen molar-refractivity contribution in [1.29, 1.82) is 0 Å². The topological polar surface area (TPSA) is 108 Å². The van der Waals surface area contributed by atoms with E-state index in [4.69, 9.17) is 14.5 Å². The van der Waals surface area contributed by atoms with Crippen molar-refractivity contribution in [3.63, 3.8) is 0 Å². The van der Waals surface area contributed by atoms with Crippen LogP contribution >= 0.6 is 0 Å². The Morgan fingerprint density at radius 2 is 2.00 bits per heavy atom. The van der Waals surface area contributed by atoms with Gasteiger partial charge in [0.2, 0.25) is 0 Å². The molecule has 1 aliphatic heterocycles. The van der Waals surface area contributed by atoms with Crippen LogP contribution in [0.1, 0.15) is 51.2 Å². The van der Waals surface area contributed by atoms with E-state index < -0.39 is 18.1 Å². The summed E-state index contributed by atoms with van der Waals surface area (Å²) in [7, 11) is 1.76. The van der Waals surface area contributed by atoms with Crippen molar-refractivity contribution in [3.05, 3.63) is 51.9 Å². The molecule has 1 fully saturated rings. The number of aliphatic hydroxyl groups is 1. The summed E-state index contributed by atoms with van der Waals surface area (Å²) in [6, 6.07) is 7.18. The van der Waals surface area contributed by atoms with Crippen LogP contribution in [0.15, 0.2) is 35.3 Å². The number of hydrogen-bond donors (Lipinski definition) is 2. The number of nitrogens with one attached hydrogen (secondary N) is 1. The summed E-state index contributed by atoms with van der Waals surface area (Å²) in [5.74, 6) is 0.857. The second kappa shape index (κ2) is 12.2. The number of fused-ring (bicyclic) bond motifs is 1. The van der Waals surface area contributed by atoms with Crippen LogP contribution in [0.2, 0.25) is 0 Å². The van der Waals surface area contributed by atoms with Crippen LogP contribution in [0.25, 0.3) is 22.4 Å². The standard InChI is InChI=1S/C29H40N4O5/c1-6-19(3)38-29(36)26(20(4)34)30-15-22-7-8-25-24(14-22)31-27(23-13-18(2)28(35)32(5)17-23)33(25)16-21-9-11-37-12-10-21/h7-8,13-14,17,19-21,26,30,34H,6,9-12,15-16H2,1-5H3/t19?,20-,26+/m1/s1. The summed E-state index contributed by atoms with van der Waals surface area (Å²) >= 11 is 0. The fourth-order valence-corrected chi connectivity index (χ4v) is 4.91. The van der Waals surface area contributed by atoms with Gasteiger partial charge in [-0.25, -0.2) is 4.98 Å². The van der Waals surface area contributed by atoms with E-state index in [-0.39, 0.29) is 11.7 Å². The molecule has 1 unspecified atom stereocenters. The largest absolute Gasteiger partial charge is 0.461 e. The van der Waals surface area contributed by atoms with Crippen LogP contribution in [-0.4, -0.2) is 56.7 Å². The molecule has 0 radical (unpaired) electrons. The van der Waals surface area contributed by atoms with Crippen molar-refractivity contribution in [2.45, 2.75) is 78.3 Å². The number of rotatable bonds is 10. The Morgan fingerprint density at radius 1 is 1.26 bits per heavy atom. The third kappa shape index (κ3) is 6.34. The van der Waals surface area contributed by atoms with Crippen LogP contribution in [0, 0.1) is 12.8 Å². The number of benzene rings is 1. The van der Waals surface area contributed by atoms with Crippen LogP contribution in [-0.2, 0) is 34.4 Å². The average molecular weight is 525 g/mol. The fraction of sp³-hybridized carbons (Fsp3) is 0.552. The Morgan fingerprint density at radius 3 is 2.66 bits per heavy atom. The molecule has 2 N–H and O–H groups in total. The summed E-state index contributed by atoms with van der Waals surface area (Å²) in [4.78, 5) is 29.9. The molecule has 38 heavy (non-hydrogen) atoms. The lowest BCUT2D eigenvalue weighted by atomic mass is 10.00.